The van der Waals surface area contributed by atoms with Crippen molar-refractivity contribution in [1.29, 1.82) is 0 Å². The standard InChI is InChI=1S/C13H19NO2/c1-2-16-12-7-4-3-6-11(12)13(14)8-5-9-15-10-13/h3-4,6-7H,2,5,8-10,14H2,1H3. The second-order valence-corrected chi connectivity index (χ2v) is 4.24. The summed E-state index contributed by atoms with van der Waals surface area (Å²) in [5.74, 6) is 0.887. The molecule has 0 spiro atoms. The summed E-state index contributed by atoms with van der Waals surface area (Å²) < 4.78 is 11.1. The summed E-state index contributed by atoms with van der Waals surface area (Å²) in [6, 6.07) is 7.99. The molecule has 1 saturated heterocycles. The Morgan fingerprint density at radius 3 is 2.94 bits per heavy atom. The van der Waals surface area contributed by atoms with Crippen molar-refractivity contribution in [3.05, 3.63) is 29.8 Å². The summed E-state index contributed by atoms with van der Waals surface area (Å²) in [6.45, 7) is 4.04. The molecular weight excluding hydrogens is 202 g/mol. The van der Waals surface area contributed by atoms with Gasteiger partial charge in [-0.1, -0.05) is 18.2 Å². The van der Waals surface area contributed by atoms with Crippen molar-refractivity contribution >= 4 is 0 Å². The fourth-order valence-electron chi connectivity index (χ4n) is 2.19. The summed E-state index contributed by atoms with van der Waals surface area (Å²) in [5, 5.41) is 0. The molecule has 1 heterocycles. The molecule has 1 atom stereocenters. The number of nitrogens with two attached hydrogens (primary N) is 1. The maximum Gasteiger partial charge on any atom is 0.124 e. The van der Waals surface area contributed by atoms with Crippen molar-refractivity contribution in [2.75, 3.05) is 19.8 Å². The predicted molar refractivity (Wildman–Crippen MR) is 63.5 cm³/mol. The number of rotatable bonds is 3. The molecule has 0 amide bonds. The summed E-state index contributed by atoms with van der Waals surface area (Å²) in [6.07, 6.45) is 1.97. The van der Waals surface area contributed by atoms with Crippen LogP contribution in [0.3, 0.4) is 0 Å². The van der Waals surface area contributed by atoms with E-state index in [1.54, 1.807) is 0 Å². The smallest absolute Gasteiger partial charge is 0.124 e. The van der Waals surface area contributed by atoms with Gasteiger partial charge in [0.15, 0.2) is 0 Å². The Hall–Kier alpha value is -1.06. The van der Waals surface area contributed by atoms with Gasteiger partial charge in [0.1, 0.15) is 5.75 Å². The van der Waals surface area contributed by atoms with Gasteiger partial charge in [-0.05, 0) is 25.8 Å². The quantitative estimate of drug-likeness (QED) is 0.849. The van der Waals surface area contributed by atoms with E-state index in [2.05, 4.69) is 0 Å². The second-order valence-electron chi connectivity index (χ2n) is 4.24. The largest absolute Gasteiger partial charge is 0.494 e. The molecule has 1 aromatic rings. The average Bonchev–Trinajstić information content (AvgIpc) is 2.31. The minimum absolute atomic E-state index is 0.385. The van der Waals surface area contributed by atoms with Crippen LogP contribution >= 0.6 is 0 Å². The minimum Gasteiger partial charge on any atom is -0.494 e. The van der Waals surface area contributed by atoms with Crippen LogP contribution in [0.25, 0.3) is 0 Å². The zero-order chi connectivity index (χ0) is 11.4. The normalized spacial score (nSPS) is 25.4. The lowest BCUT2D eigenvalue weighted by molar-refractivity contribution is 0.0355. The zero-order valence-electron chi connectivity index (χ0n) is 9.74. The van der Waals surface area contributed by atoms with Gasteiger partial charge in [-0.3, -0.25) is 0 Å². The Morgan fingerprint density at radius 1 is 1.44 bits per heavy atom. The number of para-hydroxylation sites is 1. The molecule has 88 valence electrons. The van der Waals surface area contributed by atoms with E-state index in [1.165, 1.54) is 0 Å². The third-order valence-corrected chi connectivity index (χ3v) is 2.99. The van der Waals surface area contributed by atoms with E-state index in [9.17, 15) is 0 Å². The molecule has 0 aliphatic carbocycles. The first-order valence-electron chi connectivity index (χ1n) is 5.85. The Labute approximate surface area is 96.5 Å². The van der Waals surface area contributed by atoms with E-state index >= 15 is 0 Å². The molecule has 3 nitrogen and oxygen atoms in total. The third kappa shape index (κ3) is 2.20. The van der Waals surface area contributed by atoms with Gasteiger partial charge in [0.25, 0.3) is 0 Å². The van der Waals surface area contributed by atoms with E-state index < -0.39 is 0 Å². The van der Waals surface area contributed by atoms with Crippen LogP contribution < -0.4 is 10.5 Å². The van der Waals surface area contributed by atoms with Crippen molar-refractivity contribution in [3.63, 3.8) is 0 Å². The third-order valence-electron chi connectivity index (χ3n) is 2.99. The van der Waals surface area contributed by atoms with Crippen molar-refractivity contribution in [3.8, 4) is 5.75 Å². The number of ether oxygens (including phenoxy) is 2. The minimum atomic E-state index is -0.385. The van der Waals surface area contributed by atoms with Crippen LogP contribution in [0.2, 0.25) is 0 Å². The van der Waals surface area contributed by atoms with Crippen LogP contribution in [-0.4, -0.2) is 19.8 Å². The maximum absolute atomic E-state index is 6.41. The first-order valence-corrected chi connectivity index (χ1v) is 5.85. The van der Waals surface area contributed by atoms with Crippen LogP contribution in [0.15, 0.2) is 24.3 Å². The Morgan fingerprint density at radius 2 is 2.25 bits per heavy atom. The van der Waals surface area contributed by atoms with Gasteiger partial charge in [0.05, 0.1) is 18.8 Å². The SMILES string of the molecule is CCOc1ccccc1C1(N)CCCOC1. The van der Waals surface area contributed by atoms with Crippen LogP contribution in [0, 0.1) is 0 Å². The zero-order valence-corrected chi connectivity index (χ0v) is 9.74. The first-order chi connectivity index (χ1) is 7.76. The summed E-state index contributed by atoms with van der Waals surface area (Å²) >= 11 is 0. The molecule has 1 unspecified atom stereocenters. The van der Waals surface area contributed by atoms with Crippen LogP contribution in [-0.2, 0) is 10.3 Å². The summed E-state index contributed by atoms with van der Waals surface area (Å²) in [4.78, 5) is 0. The predicted octanol–water partition coefficient (Wildman–Crippen LogP) is 2.05. The van der Waals surface area contributed by atoms with E-state index in [-0.39, 0.29) is 5.54 Å². The highest BCUT2D eigenvalue weighted by atomic mass is 16.5. The van der Waals surface area contributed by atoms with Crippen LogP contribution in [0.4, 0.5) is 0 Å². The first kappa shape index (κ1) is 11.4. The molecule has 0 aromatic heterocycles. The Kier molecular flexibility index (Phi) is 3.46. The van der Waals surface area contributed by atoms with Crippen molar-refractivity contribution in [2.45, 2.75) is 25.3 Å². The lowest BCUT2D eigenvalue weighted by atomic mass is 9.85. The second kappa shape index (κ2) is 4.85. The number of hydrogen-bond donors (Lipinski definition) is 1. The molecule has 1 aliphatic heterocycles. The molecule has 0 saturated carbocycles. The lowest BCUT2D eigenvalue weighted by Gasteiger charge is -2.34. The Bertz CT molecular complexity index is 346. The highest BCUT2D eigenvalue weighted by molar-refractivity contribution is 5.39. The van der Waals surface area contributed by atoms with Gasteiger partial charge in [0.2, 0.25) is 0 Å². The maximum atomic E-state index is 6.41. The van der Waals surface area contributed by atoms with Gasteiger partial charge in [-0.2, -0.15) is 0 Å². The molecule has 3 heteroatoms. The Balaban J connectivity index is 2.30. The fourth-order valence-corrected chi connectivity index (χ4v) is 2.19. The van der Waals surface area contributed by atoms with Crippen LogP contribution in [0.5, 0.6) is 5.75 Å². The number of benzene rings is 1. The molecule has 1 aliphatic rings. The lowest BCUT2D eigenvalue weighted by Crippen LogP contribution is -2.44. The van der Waals surface area contributed by atoms with Crippen LogP contribution in [0.1, 0.15) is 25.3 Å². The molecular formula is C13H19NO2. The van der Waals surface area contributed by atoms with Gasteiger partial charge < -0.3 is 15.2 Å². The highest BCUT2D eigenvalue weighted by Gasteiger charge is 2.32. The summed E-state index contributed by atoms with van der Waals surface area (Å²) in [7, 11) is 0. The van der Waals surface area contributed by atoms with Gasteiger partial charge in [0, 0.05) is 12.2 Å². The van der Waals surface area contributed by atoms with E-state index in [0.29, 0.717) is 13.2 Å². The van der Waals surface area contributed by atoms with Crippen molar-refractivity contribution in [1.82, 2.24) is 0 Å². The van der Waals surface area contributed by atoms with Gasteiger partial charge in [-0.15, -0.1) is 0 Å². The highest BCUT2D eigenvalue weighted by Crippen LogP contribution is 2.33. The van der Waals surface area contributed by atoms with E-state index in [0.717, 1.165) is 30.8 Å². The molecule has 16 heavy (non-hydrogen) atoms. The number of hydrogen-bond acceptors (Lipinski definition) is 3. The summed E-state index contributed by atoms with van der Waals surface area (Å²) in [5.41, 5.74) is 7.09. The topological polar surface area (TPSA) is 44.5 Å². The molecule has 0 bridgehead atoms. The molecule has 1 fully saturated rings. The van der Waals surface area contributed by atoms with Gasteiger partial charge >= 0.3 is 0 Å². The van der Waals surface area contributed by atoms with Crippen molar-refractivity contribution < 1.29 is 9.47 Å². The molecule has 2 N–H and O–H groups in total. The molecule has 2 rings (SSSR count). The monoisotopic (exact) mass is 221 g/mol. The average molecular weight is 221 g/mol. The van der Waals surface area contributed by atoms with Crippen molar-refractivity contribution in [2.24, 2.45) is 5.73 Å². The molecule has 0 radical (unpaired) electrons. The fraction of sp³-hybridized carbons (Fsp3) is 0.538. The molecule has 1 aromatic carbocycles. The van der Waals surface area contributed by atoms with E-state index in [1.807, 2.05) is 31.2 Å². The van der Waals surface area contributed by atoms with E-state index in [4.69, 9.17) is 15.2 Å². The van der Waals surface area contributed by atoms with Gasteiger partial charge in [-0.25, -0.2) is 0 Å².